The molecule has 0 bridgehead atoms. The number of hydrogen-bond donors (Lipinski definition) is 1. The molecule has 0 radical (unpaired) electrons. The van der Waals surface area contributed by atoms with Gasteiger partial charge in [-0.15, -0.1) is 0 Å². The van der Waals surface area contributed by atoms with Crippen LogP contribution in [0.4, 0.5) is 11.5 Å². The summed E-state index contributed by atoms with van der Waals surface area (Å²) in [5.41, 5.74) is 5.66. The van der Waals surface area contributed by atoms with Crippen LogP contribution < -0.4 is 14.9 Å². The summed E-state index contributed by atoms with van der Waals surface area (Å²) in [5, 5.41) is 14.8. The van der Waals surface area contributed by atoms with Gasteiger partial charge >= 0.3 is 0 Å². The van der Waals surface area contributed by atoms with Crippen LogP contribution in [0.25, 0.3) is 0 Å². The van der Waals surface area contributed by atoms with E-state index in [2.05, 4.69) is 31.4 Å². The van der Waals surface area contributed by atoms with E-state index in [0.29, 0.717) is 23.9 Å². The molecule has 0 saturated carbocycles. The highest BCUT2D eigenvalue weighted by Crippen LogP contribution is 2.37. The number of rotatable bonds is 8. The second-order valence-corrected chi connectivity index (χ2v) is 7.13. The van der Waals surface area contributed by atoms with E-state index in [4.69, 9.17) is 9.47 Å². The van der Waals surface area contributed by atoms with Crippen molar-refractivity contribution in [2.75, 3.05) is 12.5 Å². The standard InChI is InChI=1S/C21H19BrN4O4/c1-14-5-3-4-6-16(14)13-30-21-18(22)9-15(10-19(21)29-2)11-24-25-20-8-7-17(12-23-20)26(27)28/h3-12H,13H2,1-2H3,(H,23,25)/b24-11-. The van der Waals surface area contributed by atoms with Gasteiger partial charge in [-0.3, -0.25) is 15.5 Å². The van der Waals surface area contributed by atoms with E-state index < -0.39 is 4.92 Å². The number of hydrogen-bond acceptors (Lipinski definition) is 7. The fourth-order valence-corrected chi connectivity index (χ4v) is 3.18. The number of aryl methyl sites for hydroxylation is 1. The number of halogens is 1. The average Bonchev–Trinajstić information content (AvgIpc) is 2.74. The zero-order valence-corrected chi connectivity index (χ0v) is 17.9. The number of hydrazone groups is 1. The molecule has 0 amide bonds. The van der Waals surface area contributed by atoms with E-state index >= 15 is 0 Å². The maximum atomic E-state index is 10.7. The van der Waals surface area contributed by atoms with Crippen molar-refractivity contribution in [3.8, 4) is 11.5 Å². The van der Waals surface area contributed by atoms with E-state index in [1.807, 2.05) is 37.3 Å². The van der Waals surface area contributed by atoms with E-state index in [1.165, 1.54) is 12.1 Å². The summed E-state index contributed by atoms with van der Waals surface area (Å²) in [6.45, 7) is 2.46. The van der Waals surface area contributed by atoms with Crippen molar-refractivity contribution in [1.82, 2.24) is 4.98 Å². The van der Waals surface area contributed by atoms with Crippen LogP contribution in [-0.4, -0.2) is 23.2 Å². The summed E-state index contributed by atoms with van der Waals surface area (Å²) in [5.74, 6) is 1.55. The Kier molecular flexibility index (Phi) is 6.97. The molecule has 3 rings (SSSR count). The second kappa shape index (κ2) is 9.84. The van der Waals surface area contributed by atoms with Gasteiger partial charge in [-0.05, 0) is 57.7 Å². The lowest BCUT2D eigenvalue weighted by Crippen LogP contribution is -2.01. The predicted molar refractivity (Wildman–Crippen MR) is 118 cm³/mol. The van der Waals surface area contributed by atoms with E-state index in [1.54, 1.807) is 19.4 Å². The molecule has 0 spiro atoms. The molecule has 0 unspecified atom stereocenters. The van der Waals surface area contributed by atoms with Gasteiger partial charge in [0.25, 0.3) is 5.69 Å². The molecule has 0 saturated heterocycles. The summed E-state index contributed by atoms with van der Waals surface area (Å²) in [6, 6.07) is 14.5. The number of pyridine rings is 1. The fraction of sp³-hybridized carbons (Fsp3) is 0.143. The van der Waals surface area contributed by atoms with Crippen LogP contribution in [0.15, 0.2) is 64.3 Å². The molecule has 0 aliphatic carbocycles. The van der Waals surface area contributed by atoms with Crippen molar-refractivity contribution >= 4 is 33.6 Å². The van der Waals surface area contributed by atoms with Crippen LogP contribution in [-0.2, 0) is 6.61 Å². The lowest BCUT2D eigenvalue weighted by Gasteiger charge is -2.14. The molecule has 0 atom stereocenters. The number of nitrogens with zero attached hydrogens (tertiary/aromatic N) is 3. The Hall–Kier alpha value is -3.46. The smallest absolute Gasteiger partial charge is 0.287 e. The van der Waals surface area contributed by atoms with Crippen molar-refractivity contribution in [2.45, 2.75) is 13.5 Å². The van der Waals surface area contributed by atoms with Gasteiger partial charge in [-0.2, -0.15) is 5.10 Å². The Bertz CT molecular complexity index is 1070. The van der Waals surface area contributed by atoms with Crippen molar-refractivity contribution < 1.29 is 14.4 Å². The molecule has 9 heteroatoms. The Morgan fingerprint density at radius 2 is 2.07 bits per heavy atom. The third-order valence-electron chi connectivity index (χ3n) is 4.24. The van der Waals surface area contributed by atoms with Crippen LogP contribution >= 0.6 is 15.9 Å². The number of methoxy groups -OCH3 is 1. The van der Waals surface area contributed by atoms with Crippen molar-refractivity contribution in [3.05, 3.63) is 86.0 Å². The minimum atomic E-state index is -0.507. The lowest BCUT2D eigenvalue weighted by molar-refractivity contribution is -0.385. The maximum absolute atomic E-state index is 10.7. The van der Waals surface area contributed by atoms with Gasteiger partial charge in [0.15, 0.2) is 11.5 Å². The van der Waals surface area contributed by atoms with Gasteiger partial charge in [0.1, 0.15) is 18.6 Å². The molecule has 1 N–H and O–H groups in total. The van der Waals surface area contributed by atoms with Gasteiger partial charge in [0.05, 0.1) is 22.7 Å². The maximum Gasteiger partial charge on any atom is 0.287 e. The van der Waals surface area contributed by atoms with Gasteiger partial charge < -0.3 is 9.47 Å². The normalized spacial score (nSPS) is 10.8. The fourth-order valence-electron chi connectivity index (χ4n) is 2.61. The van der Waals surface area contributed by atoms with Gasteiger partial charge in [-0.25, -0.2) is 4.98 Å². The molecule has 30 heavy (non-hydrogen) atoms. The molecule has 3 aromatic rings. The summed E-state index contributed by atoms with van der Waals surface area (Å²) in [7, 11) is 1.57. The van der Waals surface area contributed by atoms with Crippen LogP contribution in [0.5, 0.6) is 11.5 Å². The first-order chi connectivity index (χ1) is 14.5. The molecule has 1 aromatic heterocycles. The van der Waals surface area contributed by atoms with Gasteiger partial charge in [-0.1, -0.05) is 24.3 Å². The Balaban J connectivity index is 1.70. The largest absolute Gasteiger partial charge is 0.493 e. The highest BCUT2D eigenvalue weighted by molar-refractivity contribution is 9.10. The first-order valence-electron chi connectivity index (χ1n) is 8.92. The monoisotopic (exact) mass is 470 g/mol. The Labute approximate surface area is 181 Å². The third-order valence-corrected chi connectivity index (χ3v) is 4.83. The van der Waals surface area contributed by atoms with Crippen LogP contribution in [0, 0.1) is 17.0 Å². The first kappa shape index (κ1) is 21.3. The molecule has 1 heterocycles. The Morgan fingerprint density at radius 1 is 1.27 bits per heavy atom. The SMILES string of the molecule is COc1cc(/C=N\Nc2ccc([N+](=O)[O-])cn2)cc(Br)c1OCc1ccccc1C. The Morgan fingerprint density at radius 3 is 2.73 bits per heavy atom. The van der Waals surface area contributed by atoms with Crippen LogP contribution in [0.3, 0.4) is 0 Å². The third kappa shape index (κ3) is 5.32. The average molecular weight is 471 g/mol. The highest BCUT2D eigenvalue weighted by Gasteiger charge is 2.12. The van der Waals surface area contributed by atoms with Gasteiger partial charge in [0, 0.05) is 6.07 Å². The van der Waals surface area contributed by atoms with Gasteiger partial charge in [0.2, 0.25) is 0 Å². The van der Waals surface area contributed by atoms with E-state index in [9.17, 15) is 10.1 Å². The number of anilines is 1. The number of aromatic nitrogens is 1. The molecule has 0 aliphatic heterocycles. The lowest BCUT2D eigenvalue weighted by atomic mass is 10.1. The molecule has 154 valence electrons. The summed E-state index contributed by atoms with van der Waals surface area (Å²) in [6.07, 6.45) is 2.75. The minimum Gasteiger partial charge on any atom is -0.493 e. The number of benzene rings is 2. The highest BCUT2D eigenvalue weighted by atomic mass is 79.9. The molecule has 0 fully saturated rings. The van der Waals surface area contributed by atoms with Crippen LogP contribution in [0.2, 0.25) is 0 Å². The first-order valence-corrected chi connectivity index (χ1v) is 9.71. The summed E-state index contributed by atoms with van der Waals surface area (Å²) < 4.78 is 12.2. The number of ether oxygens (including phenoxy) is 2. The van der Waals surface area contributed by atoms with Crippen molar-refractivity contribution in [2.24, 2.45) is 5.10 Å². The zero-order chi connectivity index (χ0) is 21.5. The van der Waals surface area contributed by atoms with Crippen molar-refractivity contribution in [3.63, 3.8) is 0 Å². The van der Waals surface area contributed by atoms with Crippen LogP contribution in [0.1, 0.15) is 16.7 Å². The zero-order valence-electron chi connectivity index (χ0n) is 16.3. The predicted octanol–water partition coefficient (Wildman–Crippen LogP) is 5.09. The topological polar surface area (TPSA) is 98.9 Å². The molecule has 2 aromatic carbocycles. The second-order valence-electron chi connectivity index (χ2n) is 6.28. The number of nitro groups is 1. The van der Waals surface area contributed by atoms with E-state index in [0.717, 1.165) is 27.4 Å². The van der Waals surface area contributed by atoms with E-state index in [-0.39, 0.29) is 5.69 Å². The summed E-state index contributed by atoms with van der Waals surface area (Å²) >= 11 is 3.53. The summed E-state index contributed by atoms with van der Waals surface area (Å²) in [4.78, 5) is 14.1. The van der Waals surface area contributed by atoms with Crippen molar-refractivity contribution in [1.29, 1.82) is 0 Å². The quantitative estimate of drug-likeness (QED) is 0.279. The molecular formula is C21H19BrN4O4. The molecular weight excluding hydrogens is 452 g/mol. The molecule has 8 nitrogen and oxygen atoms in total. The molecule has 0 aliphatic rings. The minimum absolute atomic E-state index is 0.0838. The number of nitrogens with one attached hydrogen (secondary N) is 1.